The minimum absolute atomic E-state index is 0.111. The molecule has 1 atom stereocenters. The highest BCUT2D eigenvalue weighted by Gasteiger charge is 2.38. The van der Waals surface area contributed by atoms with Crippen LogP contribution in [0.2, 0.25) is 0 Å². The maximum absolute atomic E-state index is 11.5. The number of carbonyl (C=O) groups excluding carboxylic acids is 1. The van der Waals surface area contributed by atoms with Crippen molar-refractivity contribution in [2.24, 2.45) is 5.73 Å². The van der Waals surface area contributed by atoms with Crippen LogP contribution in [0.1, 0.15) is 61.3 Å². The first-order chi connectivity index (χ1) is 15.6. The van der Waals surface area contributed by atoms with E-state index < -0.39 is 5.91 Å². The van der Waals surface area contributed by atoms with Gasteiger partial charge in [0, 0.05) is 11.6 Å². The van der Waals surface area contributed by atoms with Crippen molar-refractivity contribution in [2.45, 2.75) is 51.1 Å². The van der Waals surface area contributed by atoms with E-state index in [4.69, 9.17) is 15.5 Å². The summed E-state index contributed by atoms with van der Waals surface area (Å²) >= 11 is 0. The Morgan fingerprint density at radius 3 is 2.84 bits per heavy atom. The summed E-state index contributed by atoms with van der Waals surface area (Å²) in [7, 11) is 1.54. The van der Waals surface area contributed by atoms with E-state index in [2.05, 4.69) is 32.3 Å². The fourth-order valence-electron chi connectivity index (χ4n) is 4.77. The second-order valence-corrected chi connectivity index (χ2v) is 8.14. The number of anilines is 3. The Kier molecular flexibility index (Phi) is 5.12. The zero-order chi connectivity index (χ0) is 22.2. The molecule has 1 amide bonds. The van der Waals surface area contributed by atoms with E-state index in [1.54, 1.807) is 37.8 Å². The molecule has 10 heteroatoms. The van der Waals surface area contributed by atoms with Gasteiger partial charge in [0.25, 0.3) is 0 Å². The lowest BCUT2D eigenvalue weighted by Crippen LogP contribution is -2.42. The topological polar surface area (TPSA) is 124 Å². The Hall–Kier alpha value is -3.69. The van der Waals surface area contributed by atoms with E-state index in [9.17, 15) is 4.79 Å². The highest BCUT2D eigenvalue weighted by molar-refractivity contribution is 5.94. The van der Waals surface area contributed by atoms with Crippen LogP contribution in [0.3, 0.4) is 0 Å². The summed E-state index contributed by atoms with van der Waals surface area (Å²) in [6.45, 7) is 2.17. The van der Waals surface area contributed by atoms with E-state index in [0.29, 0.717) is 29.0 Å². The van der Waals surface area contributed by atoms with Crippen molar-refractivity contribution in [1.82, 2.24) is 24.7 Å². The molecule has 2 aliphatic rings. The quantitative estimate of drug-likeness (QED) is 0.606. The summed E-state index contributed by atoms with van der Waals surface area (Å²) in [5.41, 5.74) is 7.29. The van der Waals surface area contributed by atoms with Crippen LogP contribution < -0.4 is 20.7 Å². The second kappa shape index (κ2) is 8.10. The van der Waals surface area contributed by atoms with Gasteiger partial charge in [-0.3, -0.25) is 9.36 Å². The molecular formula is C22H26N8O2. The third-order valence-corrected chi connectivity index (χ3v) is 6.30. The van der Waals surface area contributed by atoms with Crippen molar-refractivity contribution in [2.75, 3.05) is 17.3 Å². The van der Waals surface area contributed by atoms with Gasteiger partial charge in [-0.1, -0.05) is 19.8 Å². The Labute approximate surface area is 185 Å². The molecule has 3 N–H and O–H groups in total. The number of nitrogens with two attached hydrogens (primary N) is 1. The number of hydrogen-bond acceptors (Lipinski definition) is 8. The van der Waals surface area contributed by atoms with Crippen molar-refractivity contribution in [3.8, 4) is 11.4 Å². The van der Waals surface area contributed by atoms with E-state index in [1.807, 2.05) is 4.57 Å². The van der Waals surface area contributed by atoms with Gasteiger partial charge in [-0.05, 0) is 37.5 Å². The minimum Gasteiger partial charge on any atom is -0.495 e. The molecule has 0 spiro atoms. The average Bonchev–Trinajstić information content (AvgIpc) is 3.50. The van der Waals surface area contributed by atoms with Crippen LogP contribution in [0.25, 0.3) is 5.69 Å². The number of methoxy groups -OCH3 is 1. The first-order valence-corrected chi connectivity index (χ1v) is 10.9. The van der Waals surface area contributed by atoms with Crippen molar-refractivity contribution in [1.29, 1.82) is 0 Å². The largest absolute Gasteiger partial charge is 0.495 e. The van der Waals surface area contributed by atoms with Crippen molar-refractivity contribution >= 4 is 23.4 Å². The fourth-order valence-corrected chi connectivity index (χ4v) is 4.77. The Morgan fingerprint density at radius 1 is 1.31 bits per heavy atom. The molecule has 166 valence electrons. The van der Waals surface area contributed by atoms with Crippen LogP contribution in [-0.2, 0) is 0 Å². The van der Waals surface area contributed by atoms with E-state index >= 15 is 0 Å². The van der Waals surface area contributed by atoms with Gasteiger partial charge in [0.1, 0.15) is 17.8 Å². The summed E-state index contributed by atoms with van der Waals surface area (Å²) in [6.07, 6.45) is 9.15. The Balaban J connectivity index is 1.56. The van der Waals surface area contributed by atoms with Gasteiger partial charge in [0.05, 0.1) is 25.0 Å². The number of primary amides is 1. The molecule has 1 aliphatic carbocycles. The number of amides is 1. The van der Waals surface area contributed by atoms with Gasteiger partial charge >= 0.3 is 0 Å². The van der Waals surface area contributed by atoms with Gasteiger partial charge in [-0.25, -0.2) is 4.98 Å². The summed E-state index contributed by atoms with van der Waals surface area (Å²) < 4.78 is 7.42. The van der Waals surface area contributed by atoms with Crippen molar-refractivity contribution in [3.63, 3.8) is 0 Å². The van der Waals surface area contributed by atoms with Crippen LogP contribution in [0.5, 0.6) is 5.75 Å². The van der Waals surface area contributed by atoms with Crippen LogP contribution >= 0.6 is 0 Å². The SMILES string of the molecule is CC[C@@H]1c2nncn2-c2cnc(Nc3ccc(C(N)=O)cc3OC)nc2N1C1CCCC1. The number of benzene rings is 1. The lowest BCUT2D eigenvalue weighted by Gasteiger charge is -2.40. The molecule has 0 bridgehead atoms. The maximum Gasteiger partial charge on any atom is 0.248 e. The number of nitrogens with one attached hydrogen (secondary N) is 1. The first-order valence-electron chi connectivity index (χ1n) is 10.9. The third kappa shape index (κ3) is 3.31. The molecule has 0 radical (unpaired) electrons. The predicted octanol–water partition coefficient (Wildman–Crippen LogP) is 3.12. The van der Waals surface area contributed by atoms with Gasteiger partial charge < -0.3 is 20.7 Å². The van der Waals surface area contributed by atoms with Crippen LogP contribution in [0, 0.1) is 0 Å². The van der Waals surface area contributed by atoms with Crippen LogP contribution in [0.4, 0.5) is 17.5 Å². The standard InChI is InChI=1S/C22H26N8O2/c1-3-16-21-28-25-12-29(21)17-11-24-22(27-20(17)30(16)14-6-4-5-7-14)26-15-9-8-13(19(23)31)10-18(15)32-2/h8-12,14,16H,3-7H2,1-2H3,(H2,23,31)(H,24,26,27)/t16-/m1/s1. The number of nitrogens with zero attached hydrogens (tertiary/aromatic N) is 6. The molecule has 3 aromatic rings. The smallest absolute Gasteiger partial charge is 0.248 e. The molecule has 1 saturated carbocycles. The minimum atomic E-state index is -0.512. The van der Waals surface area contributed by atoms with Gasteiger partial charge in [0.2, 0.25) is 11.9 Å². The number of fused-ring (bicyclic) bond motifs is 3. The predicted molar refractivity (Wildman–Crippen MR) is 120 cm³/mol. The number of rotatable bonds is 6. The zero-order valence-corrected chi connectivity index (χ0v) is 18.2. The van der Waals surface area contributed by atoms with Crippen molar-refractivity contribution in [3.05, 3.63) is 42.1 Å². The number of hydrogen-bond donors (Lipinski definition) is 2. The monoisotopic (exact) mass is 434 g/mol. The summed E-state index contributed by atoms with van der Waals surface area (Å²) in [6, 6.07) is 5.51. The molecule has 5 rings (SSSR count). The molecule has 2 aromatic heterocycles. The second-order valence-electron chi connectivity index (χ2n) is 8.14. The van der Waals surface area contributed by atoms with E-state index in [-0.39, 0.29) is 6.04 Å². The third-order valence-electron chi connectivity index (χ3n) is 6.30. The molecule has 3 heterocycles. The fraction of sp³-hybridized carbons (Fsp3) is 0.409. The zero-order valence-electron chi connectivity index (χ0n) is 18.2. The van der Waals surface area contributed by atoms with E-state index in [0.717, 1.165) is 36.6 Å². The van der Waals surface area contributed by atoms with Gasteiger partial charge in [-0.15, -0.1) is 10.2 Å². The number of carbonyl (C=O) groups is 1. The number of aromatic nitrogens is 5. The molecule has 0 saturated heterocycles. The summed E-state index contributed by atoms with van der Waals surface area (Å²) in [4.78, 5) is 23.4. The van der Waals surface area contributed by atoms with Gasteiger partial charge in [0.15, 0.2) is 11.6 Å². The highest BCUT2D eigenvalue weighted by Crippen LogP contribution is 2.43. The maximum atomic E-state index is 11.5. The molecule has 32 heavy (non-hydrogen) atoms. The van der Waals surface area contributed by atoms with Crippen LogP contribution in [-0.4, -0.2) is 43.8 Å². The van der Waals surface area contributed by atoms with Crippen molar-refractivity contribution < 1.29 is 9.53 Å². The highest BCUT2D eigenvalue weighted by atomic mass is 16.5. The lowest BCUT2D eigenvalue weighted by atomic mass is 10.0. The van der Waals surface area contributed by atoms with Gasteiger partial charge in [-0.2, -0.15) is 4.98 Å². The Morgan fingerprint density at radius 2 is 2.12 bits per heavy atom. The van der Waals surface area contributed by atoms with E-state index in [1.165, 1.54) is 12.8 Å². The Bertz CT molecular complexity index is 1150. The lowest BCUT2D eigenvalue weighted by molar-refractivity contribution is 0.1000. The summed E-state index contributed by atoms with van der Waals surface area (Å²) in [5.74, 6) is 2.23. The molecule has 1 aliphatic heterocycles. The normalized spacial score (nSPS) is 17.7. The first kappa shape index (κ1) is 20.2. The average molecular weight is 435 g/mol. The molecular weight excluding hydrogens is 408 g/mol. The molecule has 10 nitrogen and oxygen atoms in total. The molecule has 1 aromatic carbocycles. The molecule has 1 fully saturated rings. The van der Waals surface area contributed by atoms with Crippen LogP contribution in [0.15, 0.2) is 30.7 Å². The molecule has 0 unspecified atom stereocenters. The summed E-state index contributed by atoms with van der Waals surface area (Å²) in [5, 5.41) is 11.8. The number of ether oxygens (including phenoxy) is 1.